The van der Waals surface area contributed by atoms with E-state index in [0.717, 1.165) is 11.1 Å². The van der Waals surface area contributed by atoms with Crippen molar-refractivity contribution in [2.24, 2.45) is 5.92 Å². The molecule has 3 nitrogen and oxygen atoms in total. The predicted octanol–water partition coefficient (Wildman–Crippen LogP) is 3.45. The number of benzene rings is 1. The summed E-state index contributed by atoms with van der Waals surface area (Å²) in [4.78, 5) is 10.7. The van der Waals surface area contributed by atoms with Gasteiger partial charge in [-0.15, -0.1) is 0 Å². The minimum Gasteiger partial charge on any atom is -0.378 e. The minimum atomic E-state index is -4.84. The Morgan fingerprint density at radius 1 is 1.32 bits per heavy atom. The van der Waals surface area contributed by atoms with Crippen LogP contribution in [-0.2, 0) is 11.2 Å². The molecule has 1 amide bonds. The van der Waals surface area contributed by atoms with Gasteiger partial charge in [-0.2, -0.15) is 13.2 Å². The van der Waals surface area contributed by atoms with Crippen molar-refractivity contribution in [2.75, 3.05) is 6.54 Å². The van der Waals surface area contributed by atoms with Gasteiger partial charge in [-0.05, 0) is 49.8 Å². The Morgan fingerprint density at radius 3 is 2.60 bits per heavy atom. The number of nitrogens with one attached hydrogen (secondary N) is 1. The van der Waals surface area contributed by atoms with Crippen LogP contribution >= 0.6 is 0 Å². The van der Waals surface area contributed by atoms with E-state index in [0.29, 0.717) is 25.2 Å². The molecule has 2 N–H and O–H groups in total. The molecule has 1 rings (SSSR count). The molecule has 0 aliphatic heterocycles. The zero-order valence-electron chi connectivity index (χ0n) is 14.7. The number of carbonyl (C=O) groups is 1. The van der Waals surface area contributed by atoms with Crippen LogP contribution in [0.3, 0.4) is 0 Å². The fourth-order valence-electron chi connectivity index (χ4n) is 2.45. The molecule has 25 heavy (non-hydrogen) atoms. The molecule has 1 aromatic carbocycles. The lowest BCUT2D eigenvalue weighted by Gasteiger charge is -2.18. The molecule has 1 aromatic rings. The van der Waals surface area contributed by atoms with E-state index in [4.69, 9.17) is 0 Å². The molecule has 1 unspecified atom stereocenters. The van der Waals surface area contributed by atoms with Gasteiger partial charge in [-0.25, -0.2) is 0 Å². The first-order valence-corrected chi connectivity index (χ1v) is 8.19. The van der Waals surface area contributed by atoms with Gasteiger partial charge in [0.25, 0.3) is 0 Å². The molecule has 1 atom stereocenters. The van der Waals surface area contributed by atoms with Crippen molar-refractivity contribution in [1.29, 1.82) is 0 Å². The summed E-state index contributed by atoms with van der Waals surface area (Å²) >= 11 is 0. The van der Waals surface area contributed by atoms with Crippen molar-refractivity contribution in [3.05, 3.63) is 35.4 Å². The summed E-state index contributed by atoms with van der Waals surface area (Å²) in [5.74, 6) is 4.20. The Labute approximate surface area is 146 Å². The molecule has 0 aliphatic carbocycles. The molecule has 0 saturated heterocycles. The second kappa shape index (κ2) is 8.91. The number of hydrogen-bond acceptors (Lipinski definition) is 2. The van der Waals surface area contributed by atoms with Gasteiger partial charge in [0.05, 0.1) is 0 Å². The topological polar surface area (TPSA) is 49.3 Å². The van der Waals surface area contributed by atoms with E-state index in [-0.39, 0.29) is 6.54 Å². The normalized spacial score (nSPS) is 13.8. The summed E-state index contributed by atoms with van der Waals surface area (Å²) in [6.07, 6.45) is -3.36. The number of carbonyl (C=O) groups excluding carboxylic acids is 1. The van der Waals surface area contributed by atoms with Crippen molar-refractivity contribution in [2.45, 2.75) is 51.8 Å². The van der Waals surface area contributed by atoms with Gasteiger partial charge in [0.2, 0.25) is 0 Å². The van der Waals surface area contributed by atoms with Gasteiger partial charge in [0, 0.05) is 12.1 Å². The number of aliphatic hydroxyl groups is 1. The van der Waals surface area contributed by atoms with Crippen LogP contribution in [0, 0.1) is 17.8 Å². The second-order valence-corrected chi connectivity index (χ2v) is 6.68. The zero-order valence-corrected chi connectivity index (χ0v) is 14.7. The third-order valence-corrected chi connectivity index (χ3v) is 3.39. The second-order valence-electron chi connectivity index (χ2n) is 6.68. The average molecular weight is 355 g/mol. The maximum atomic E-state index is 12.1. The first-order valence-electron chi connectivity index (χ1n) is 8.19. The quantitative estimate of drug-likeness (QED) is 0.607. The van der Waals surface area contributed by atoms with Crippen molar-refractivity contribution in [3.63, 3.8) is 0 Å². The lowest BCUT2D eigenvalue weighted by atomic mass is 9.94. The number of halogens is 3. The highest BCUT2D eigenvalue weighted by atomic mass is 19.4. The molecule has 0 radical (unpaired) electrons. The van der Waals surface area contributed by atoms with E-state index < -0.39 is 17.7 Å². The molecule has 0 aromatic heterocycles. The smallest absolute Gasteiger partial charge is 0.378 e. The maximum absolute atomic E-state index is 12.1. The highest BCUT2D eigenvalue weighted by molar-refractivity contribution is 5.81. The SMILES string of the molecule is CC(C)CC(C)(O)C#Cc1cccc(CCCNC(=O)C(F)(F)F)c1. The van der Waals surface area contributed by atoms with Crippen LogP contribution in [0.1, 0.15) is 44.7 Å². The van der Waals surface area contributed by atoms with E-state index in [9.17, 15) is 23.1 Å². The summed E-state index contributed by atoms with van der Waals surface area (Å²) in [5, 5.41) is 12.0. The van der Waals surface area contributed by atoms with Crippen LogP contribution in [-0.4, -0.2) is 29.3 Å². The molecule has 0 heterocycles. The summed E-state index contributed by atoms with van der Waals surface area (Å²) < 4.78 is 36.2. The lowest BCUT2D eigenvalue weighted by Crippen LogP contribution is -2.37. The van der Waals surface area contributed by atoms with Gasteiger partial charge in [-0.1, -0.05) is 37.8 Å². The van der Waals surface area contributed by atoms with Gasteiger partial charge in [0.15, 0.2) is 0 Å². The van der Waals surface area contributed by atoms with E-state index in [1.54, 1.807) is 6.92 Å². The molecular formula is C19H24F3NO2. The molecule has 0 fully saturated rings. The highest BCUT2D eigenvalue weighted by Gasteiger charge is 2.38. The molecule has 0 spiro atoms. The first-order chi connectivity index (χ1) is 11.5. The number of hydrogen-bond donors (Lipinski definition) is 2. The van der Waals surface area contributed by atoms with Crippen molar-refractivity contribution >= 4 is 5.91 Å². The van der Waals surface area contributed by atoms with Crippen LogP contribution < -0.4 is 5.32 Å². The van der Waals surface area contributed by atoms with Gasteiger partial charge in [-0.3, -0.25) is 4.79 Å². The van der Waals surface area contributed by atoms with Gasteiger partial charge < -0.3 is 10.4 Å². The Kier molecular flexibility index (Phi) is 7.50. The molecule has 0 bridgehead atoms. The number of amides is 1. The Balaban J connectivity index is 2.58. The molecule has 0 saturated carbocycles. The maximum Gasteiger partial charge on any atom is 0.471 e. The van der Waals surface area contributed by atoms with Crippen LogP contribution in [0.2, 0.25) is 0 Å². The third kappa shape index (κ3) is 8.59. The van der Waals surface area contributed by atoms with Crippen LogP contribution in [0.15, 0.2) is 24.3 Å². The van der Waals surface area contributed by atoms with E-state index in [1.165, 1.54) is 0 Å². The Morgan fingerprint density at radius 2 is 2.00 bits per heavy atom. The van der Waals surface area contributed by atoms with Crippen LogP contribution in [0.5, 0.6) is 0 Å². The standard InChI is InChI=1S/C19H24F3NO2/c1-14(2)13-18(3,25)10-9-16-7-4-6-15(12-16)8-5-11-23-17(24)19(20,21)22/h4,6-7,12,14,25H,5,8,11,13H2,1-3H3,(H,23,24). The molecule has 6 heteroatoms. The summed E-state index contributed by atoms with van der Waals surface area (Å²) in [7, 11) is 0. The minimum absolute atomic E-state index is 0.0443. The Bertz CT molecular complexity index is 640. The van der Waals surface area contributed by atoms with E-state index in [2.05, 4.69) is 11.8 Å². The fraction of sp³-hybridized carbons (Fsp3) is 0.526. The third-order valence-electron chi connectivity index (χ3n) is 3.39. The highest BCUT2D eigenvalue weighted by Crippen LogP contribution is 2.16. The van der Waals surface area contributed by atoms with Crippen molar-refractivity contribution in [3.8, 4) is 11.8 Å². The predicted molar refractivity (Wildman–Crippen MR) is 90.8 cm³/mol. The molecule has 138 valence electrons. The summed E-state index contributed by atoms with van der Waals surface area (Å²) in [6.45, 7) is 5.65. The van der Waals surface area contributed by atoms with Crippen LogP contribution in [0.25, 0.3) is 0 Å². The molecular weight excluding hydrogens is 331 g/mol. The van der Waals surface area contributed by atoms with Crippen LogP contribution in [0.4, 0.5) is 13.2 Å². The number of rotatable bonds is 6. The van der Waals surface area contributed by atoms with E-state index in [1.807, 2.05) is 43.4 Å². The molecule has 0 aliphatic rings. The summed E-state index contributed by atoms with van der Waals surface area (Å²) in [5.41, 5.74) is 0.587. The summed E-state index contributed by atoms with van der Waals surface area (Å²) in [6, 6.07) is 7.31. The Hall–Kier alpha value is -2.00. The van der Waals surface area contributed by atoms with E-state index >= 15 is 0 Å². The average Bonchev–Trinajstić information content (AvgIpc) is 2.48. The van der Waals surface area contributed by atoms with Gasteiger partial charge >= 0.3 is 12.1 Å². The first kappa shape index (κ1) is 21.0. The lowest BCUT2D eigenvalue weighted by molar-refractivity contribution is -0.173. The monoisotopic (exact) mass is 355 g/mol. The number of alkyl halides is 3. The largest absolute Gasteiger partial charge is 0.471 e. The fourth-order valence-corrected chi connectivity index (χ4v) is 2.45. The zero-order chi connectivity index (χ0) is 19.1. The number of aryl methyl sites for hydroxylation is 1. The van der Waals surface area contributed by atoms with Gasteiger partial charge in [0.1, 0.15) is 5.60 Å². The van der Waals surface area contributed by atoms with Crippen molar-refractivity contribution < 1.29 is 23.1 Å². The van der Waals surface area contributed by atoms with Crippen molar-refractivity contribution in [1.82, 2.24) is 5.32 Å².